The molecule has 1 aliphatic heterocycles. The first kappa shape index (κ1) is 31.4. The number of ether oxygens (including phenoxy) is 3. The number of allylic oxidation sites excluding steroid dienone is 2. The predicted molar refractivity (Wildman–Crippen MR) is 172 cm³/mol. The molecule has 45 heavy (non-hydrogen) atoms. The second-order valence-electron chi connectivity index (χ2n) is 17.6. The number of hydrogen-bond donors (Lipinski definition) is 1. The Kier molecular flexibility index (Phi) is 7.09. The van der Waals surface area contributed by atoms with E-state index in [0.29, 0.717) is 24.0 Å². The molecule has 0 spiro atoms. The van der Waals surface area contributed by atoms with Crippen molar-refractivity contribution in [1.29, 1.82) is 0 Å². The van der Waals surface area contributed by atoms with E-state index in [2.05, 4.69) is 47.6 Å². The third-order valence-electron chi connectivity index (χ3n) is 15.3. The van der Waals surface area contributed by atoms with Gasteiger partial charge in [0.05, 0.1) is 30.8 Å². The Hall–Kier alpha value is -2.18. The molecular weight excluding hydrogens is 564 g/mol. The van der Waals surface area contributed by atoms with Gasteiger partial charge < -0.3 is 19.3 Å². The number of aromatic carboxylic acids is 1. The highest BCUT2D eigenvalue weighted by Crippen LogP contribution is 2.76. The van der Waals surface area contributed by atoms with Crippen LogP contribution in [0.5, 0.6) is 0 Å². The van der Waals surface area contributed by atoms with Crippen molar-refractivity contribution in [3.63, 3.8) is 0 Å². The van der Waals surface area contributed by atoms with Gasteiger partial charge in [-0.2, -0.15) is 0 Å². The Morgan fingerprint density at radius 1 is 0.889 bits per heavy atom. The minimum absolute atomic E-state index is 0.0155. The van der Waals surface area contributed by atoms with Crippen molar-refractivity contribution >= 4 is 11.9 Å². The normalized spacial score (nSPS) is 46.6. The molecule has 0 bridgehead atoms. The summed E-state index contributed by atoms with van der Waals surface area (Å²) in [5.41, 5.74) is 2.49. The lowest BCUT2D eigenvalue weighted by Crippen LogP contribution is -2.67. The number of hydrogen-bond acceptors (Lipinski definition) is 5. The summed E-state index contributed by atoms with van der Waals surface area (Å²) in [7, 11) is 1.58. The van der Waals surface area contributed by atoms with Gasteiger partial charge in [0.25, 0.3) is 0 Å². The van der Waals surface area contributed by atoms with Crippen LogP contribution in [0.25, 0.3) is 0 Å². The first-order valence-electron chi connectivity index (χ1n) is 17.5. The van der Waals surface area contributed by atoms with E-state index in [4.69, 9.17) is 14.2 Å². The van der Waals surface area contributed by atoms with Gasteiger partial charge in [0.2, 0.25) is 0 Å². The number of methoxy groups -OCH3 is 1. The van der Waals surface area contributed by atoms with Crippen molar-refractivity contribution in [3.8, 4) is 0 Å². The van der Waals surface area contributed by atoms with Gasteiger partial charge >= 0.3 is 11.9 Å². The van der Waals surface area contributed by atoms with Crippen LogP contribution in [-0.2, 0) is 19.0 Å². The topological polar surface area (TPSA) is 82.1 Å². The van der Waals surface area contributed by atoms with Crippen LogP contribution in [0.15, 0.2) is 35.9 Å². The minimum atomic E-state index is -0.949. The van der Waals surface area contributed by atoms with Gasteiger partial charge in [0.1, 0.15) is 0 Å². The molecule has 0 radical (unpaired) electrons. The lowest BCUT2D eigenvalue weighted by atomic mass is 9.33. The van der Waals surface area contributed by atoms with Gasteiger partial charge in [-0.1, -0.05) is 71.4 Å². The van der Waals surface area contributed by atoms with E-state index < -0.39 is 12.3 Å². The highest BCUT2D eigenvalue weighted by molar-refractivity contribution is 5.89. The maximum Gasteiger partial charge on any atom is 0.336 e. The van der Waals surface area contributed by atoms with Gasteiger partial charge in [0.15, 0.2) is 6.29 Å². The summed E-state index contributed by atoms with van der Waals surface area (Å²) in [6.07, 6.45) is 12.5. The molecule has 7 rings (SSSR count). The van der Waals surface area contributed by atoms with Crippen molar-refractivity contribution in [2.24, 2.45) is 50.2 Å². The molecule has 5 aliphatic carbocycles. The molecule has 1 saturated heterocycles. The lowest BCUT2D eigenvalue weighted by Gasteiger charge is -2.72. The SMILES string of the molecule is COC(=O)[C@]12CCC(C)(C)C[C@H]1C1=CC[C@@H]3[C@@]4(C)CC[C@@H]5O[C@H](c6ccccc6C(=O)O)OC[C@@]5(C)[C@@H]4CC[C@@]3(C)[C@]1(C)CC2. The second kappa shape index (κ2) is 10.2. The van der Waals surface area contributed by atoms with Crippen molar-refractivity contribution in [3.05, 3.63) is 47.0 Å². The van der Waals surface area contributed by atoms with Crippen molar-refractivity contribution in [1.82, 2.24) is 0 Å². The van der Waals surface area contributed by atoms with Crippen LogP contribution in [0.1, 0.15) is 128 Å². The van der Waals surface area contributed by atoms with Crippen LogP contribution in [0.4, 0.5) is 0 Å². The predicted octanol–water partition coefficient (Wildman–Crippen LogP) is 8.75. The fourth-order valence-corrected chi connectivity index (χ4v) is 12.5. The van der Waals surface area contributed by atoms with Gasteiger partial charge in [0, 0.05) is 11.0 Å². The zero-order valence-electron chi connectivity index (χ0n) is 28.5. The molecule has 6 aliphatic rings. The average molecular weight is 619 g/mol. The van der Waals surface area contributed by atoms with E-state index in [1.165, 1.54) is 6.42 Å². The fraction of sp³-hybridized carbons (Fsp3) is 0.744. The lowest BCUT2D eigenvalue weighted by molar-refractivity contribution is -0.318. The number of carboxylic acids is 1. The molecule has 1 aromatic rings. The Morgan fingerprint density at radius 3 is 2.36 bits per heavy atom. The quantitative estimate of drug-likeness (QED) is 0.269. The molecule has 1 aromatic carbocycles. The van der Waals surface area contributed by atoms with E-state index in [-0.39, 0.29) is 56.0 Å². The van der Waals surface area contributed by atoms with Crippen LogP contribution in [0.2, 0.25) is 0 Å². The van der Waals surface area contributed by atoms with Crippen LogP contribution >= 0.6 is 0 Å². The van der Waals surface area contributed by atoms with E-state index in [1.807, 2.05) is 12.1 Å². The fourth-order valence-electron chi connectivity index (χ4n) is 12.5. The van der Waals surface area contributed by atoms with Crippen LogP contribution < -0.4 is 0 Å². The first-order valence-corrected chi connectivity index (χ1v) is 17.5. The second-order valence-corrected chi connectivity index (χ2v) is 17.6. The van der Waals surface area contributed by atoms with Crippen molar-refractivity contribution < 1.29 is 28.9 Å². The third-order valence-corrected chi connectivity index (χ3v) is 15.3. The van der Waals surface area contributed by atoms with Crippen LogP contribution in [-0.4, -0.2) is 36.9 Å². The molecule has 5 fully saturated rings. The Morgan fingerprint density at radius 2 is 1.62 bits per heavy atom. The molecule has 0 amide bonds. The Labute approximate surface area is 269 Å². The summed E-state index contributed by atoms with van der Waals surface area (Å²) in [6, 6.07) is 7.09. The zero-order chi connectivity index (χ0) is 32.2. The summed E-state index contributed by atoms with van der Waals surface area (Å²) >= 11 is 0. The Balaban J connectivity index is 1.20. The molecule has 246 valence electrons. The van der Waals surface area contributed by atoms with E-state index in [1.54, 1.807) is 24.8 Å². The summed E-state index contributed by atoms with van der Waals surface area (Å²) < 4.78 is 18.7. The molecular formula is C39H54O6. The Bertz CT molecular complexity index is 1430. The maximum absolute atomic E-state index is 13.5. The average Bonchev–Trinajstić information content (AvgIpc) is 3.00. The summed E-state index contributed by atoms with van der Waals surface area (Å²) in [5.74, 6) is 0.331. The molecule has 6 nitrogen and oxygen atoms in total. The number of benzene rings is 1. The van der Waals surface area contributed by atoms with E-state index in [9.17, 15) is 14.7 Å². The van der Waals surface area contributed by atoms with Gasteiger partial charge in [-0.05, 0) is 110 Å². The number of esters is 1. The number of fused-ring (bicyclic) bond motifs is 9. The number of rotatable bonds is 3. The molecule has 1 heterocycles. The summed E-state index contributed by atoms with van der Waals surface area (Å²) in [6.45, 7) is 15.5. The highest BCUT2D eigenvalue weighted by atomic mass is 16.7. The molecule has 4 saturated carbocycles. The standard InChI is InChI=1S/C39H54O6/c1-34(2)18-20-39(33(42)43-7)21-19-37(5)26(27(39)22-34)12-13-29-35(3)16-15-30-36(4,28(35)14-17-38(29,37)6)23-44-32(45-30)25-11-9-8-10-24(25)31(40)41/h8-12,27-30,32H,13-23H2,1-7H3,(H,40,41)/t27-,28+,29+,30-,32+,35-,36-,37+,38+,39-/m0/s1. The van der Waals surface area contributed by atoms with Crippen LogP contribution in [0, 0.1) is 50.2 Å². The number of carboxylic acid groups (broad SMARTS) is 1. The monoisotopic (exact) mass is 618 g/mol. The smallest absolute Gasteiger partial charge is 0.336 e. The summed E-state index contributed by atoms with van der Waals surface area (Å²) in [4.78, 5) is 25.5. The molecule has 10 atom stereocenters. The van der Waals surface area contributed by atoms with E-state index >= 15 is 0 Å². The van der Waals surface area contributed by atoms with Crippen LogP contribution in [0.3, 0.4) is 0 Å². The zero-order valence-corrected chi connectivity index (χ0v) is 28.5. The minimum Gasteiger partial charge on any atom is -0.478 e. The largest absolute Gasteiger partial charge is 0.478 e. The van der Waals surface area contributed by atoms with E-state index in [0.717, 1.165) is 57.8 Å². The highest BCUT2D eigenvalue weighted by Gasteiger charge is 2.70. The number of carbonyl (C=O) groups excluding carboxylic acids is 1. The van der Waals surface area contributed by atoms with Crippen molar-refractivity contribution in [2.45, 2.75) is 118 Å². The first-order chi connectivity index (χ1) is 21.2. The maximum atomic E-state index is 13.5. The molecule has 1 N–H and O–H groups in total. The molecule has 0 aromatic heterocycles. The summed E-state index contributed by atoms with van der Waals surface area (Å²) in [5, 5.41) is 9.81. The van der Waals surface area contributed by atoms with Gasteiger partial charge in [-0.3, -0.25) is 4.79 Å². The molecule has 0 unspecified atom stereocenters. The van der Waals surface area contributed by atoms with Gasteiger partial charge in [-0.15, -0.1) is 0 Å². The third kappa shape index (κ3) is 4.19. The van der Waals surface area contributed by atoms with Crippen molar-refractivity contribution in [2.75, 3.05) is 13.7 Å². The van der Waals surface area contributed by atoms with Gasteiger partial charge in [-0.25, -0.2) is 4.79 Å². The molecule has 6 heteroatoms. The number of carbonyl (C=O) groups is 2.